The molecule has 1 aromatic heterocycles. The lowest BCUT2D eigenvalue weighted by molar-refractivity contribution is -0.0175. The van der Waals surface area contributed by atoms with E-state index < -0.39 is 16.6 Å². The molecule has 1 fully saturated rings. The summed E-state index contributed by atoms with van der Waals surface area (Å²) in [4.78, 5) is 4.49. The fourth-order valence-electron chi connectivity index (χ4n) is 2.89. The Morgan fingerprint density at radius 3 is 2.14 bits per heavy atom. The average molecular weight is 439 g/mol. The lowest BCUT2D eigenvalue weighted by Gasteiger charge is -2.40. The SMILES string of the molecule is CC(C)(C)[Si](C)(C)OC[C@H]1O[C@@H](c2cccc(N)n2)C[C@@H]1O[Si](C)(C)C(C)(C)C. The molecule has 0 unspecified atom stereocenters. The molecule has 5 nitrogen and oxygen atoms in total. The first-order valence-electron chi connectivity index (χ1n) is 10.7. The summed E-state index contributed by atoms with van der Waals surface area (Å²) in [5.41, 5.74) is 6.79. The Kier molecular flexibility index (Phi) is 7.12. The number of rotatable bonds is 6. The molecule has 1 aliphatic rings. The number of nitrogen functional groups attached to an aromatic ring is 1. The second kappa shape index (κ2) is 8.42. The van der Waals surface area contributed by atoms with Crippen LogP contribution in [0.3, 0.4) is 0 Å². The molecule has 166 valence electrons. The molecule has 3 atom stereocenters. The van der Waals surface area contributed by atoms with Crippen molar-refractivity contribution in [3.05, 3.63) is 23.9 Å². The Bertz CT molecular complexity index is 696. The summed E-state index contributed by atoms with van der Waals surface area (Å²) in [6.45, 7) is 23.3. The standard InChI is InChI=1S/C22H42N2O3Si2/c1-21(2,3)28(7,8)25-15-19-18(27-29(9,10)22(4,5)6)14-17(26-19)16-12-11-13-20(23)24-16/h11-13,17-19H,14-15H2,1-10H3,(H2,23,24)/t17-,18+,19-/m1/s1. The second-order valence-electron chi connectivity index (χ2n) is 11.4. The van der Waals surface area contributed by atoms with Crippen molar-refractivity contribution in [3.63, 3.8) is 0 Å². The summed E-state index contributed by atoms with van der Waals surface area (Å²) in [6.07, 6.45) is 0.593. The van der Waals surface area contributed by atoms with E-state index in [9.17, 15) is 0 Å². The van der Waals surface area contributed by atoms with Gasteiger partial charge in [-0.3, -0.25) is 0 Å². The number of pyridine rings is 1. The third-order valence-corrected chi connectivity index (χ3v) is 16.0. The lowest BCUT2D eigenvalue weighted by atomic mass is 10.1. The van der Waals surface area contributed by atoms with Crippen molar-refractivity contribution in [1.82, 2.24) is 4.98 Å². The number of anilines is 1. The van der Waals surface area contributed by atoms with E-state index in [-0.39, 0.29) is 28.4 Å². The van der Waals surface area contributed by atoms with Crippen molar-refractivity contribution in [1.29, 1.82) is 0 Å². The zero-order valence-electron chi connectivity index (χ0n) is 20.1. The molecule has 29 heavy (non-hydrogen) atoms. The van der Waals surface area contributed by atoms with Crippen LogP contribution in [-0.4, -0.2) is 40.4 Å². The first-order valence-corrected chi connectivity index (χ1v) is 16.5. The van der Waals surface area contributed by atoms with Crippen LogP contribution < -0.4 is 5.73 Å². The topological polar surface area (TPSA) is 66.6 Å². The molecule has 0 aliphatic carbocycles. The van der Waals surface area contributed by atoms with Crippen LogP contribution in [0, 0.1) is 0 Å². The van der Waals surface area contributed by atoms with Gasteiger partial charge in [0.2, 0.25) is 0 Å². The number of nitrogens with zero attached hydrogens (tertiary/aromatic N) is 1. The molecule has 1 aliphatic heterocycles. The van der Waals surface area contributed by atoms with Gasteiger partial charge in [-0.1, -0.05) is 47.6 Å². The van der Waals surface area contributed by atoms with Crippen LogP contribution in [-0.2, 0) is 13.6 Å². The number of aromatic nitrogens is 1. The van der Waals surface area contributed by atoms with E-state index in [1.807, 2.05) is 12.1 Å². The molecule has 2 heterocycles. The van der Waals surface area contributed by atoms with Gasteiger partial charge in [0.05, 0.1) is 18.4 Å². The Hall–Kier alpha value is -0.736. The predicted molar refractivity (Wildman–Crippen MR) is 126 cm³/mol. The molecular weight excluding hydrogens is 396 g/mol. The minimum atomic E-state index is -1.93. The Morgan fingerprint density at radius 1 is 1.03 bits per heavy atom. The zero-order chi connectivity index (χ0) is 22.3. The molecule has 1 aromatic rings. The van der Waals surface area contributed by atoms with Gasteiger partial charge in [-0.2, -0.15) is 0 Å². The maximum atomic E-state index is 6.80. The Morgan fingerprint density at radius 2 is 1.62 bits per heavy atom. The summed E-state index contributed by atoms with van der Waals surface area (Å²) in [5.74, 6) is 0.522. The molecule has 2 rings (SSSR count). The van der Waals surface area contributed by atoms with Crippen LogP contribution in [0.1, 0.15) is 59.8 Å². The molecule has 1 saturated heterocycles. The van der Waals surface area contributed by atoms with Crippen molar-refractivity contribution >= 4 is 22.5 Å². The van der Waals surface area contributed by atoms with E-state index >= 15 is 0 Å². The van der Waals surface area contributed by atoms with Crippen molar-refractivity contribution < 1.29 is 13.6 Å². The van der Waals surface area contributed by atoms with E-state index in [4.69, 9.17) is 19.3 Å². The van der Waals surface area contributed by atoms with E-state index in [1.165, 1.54) is 0 Å². The predicted octanol–water partition coefficient (Wildman–Crippen LogP) is 5.91. The smallest absolute Gasteiger partial charge is 0.192 e. The highest BCUT2D eigenvalue weighted by Gasteiger charge is 2.46. The average Bonchev–Trinajstić information content (AvgIpc) is 2.93. The van der Waals surface area contributed by atoms with Crippen molar-refractivity contribution in [2.45, 2.75) is 103 Å². The van der Waals surface area contributed by atoms with Gasteiger partial charge in [0.1, 0.15) is 18.0 Å². The van der Waals surface area contributed by atoms with Crippen LogP contribution >= 0.6 is 0 Å². The third-order valence-electron chi connectivity index (χ3n) is 6.99. The monoisotopic (exact) mass is 438 g/mol. The van der Waals surface area contributed by atoms with Crippen LogP contribution in [0.25, 0.3) is 0 Å². The summed E-state index contributed by atoms with van der Waals surface area (Å²) in [6, 6.07) is 5.73. The minimum absolute atomic E-state index is 0.00823. The molecule has 0 radical (unpaired) electrons. The van der Waals surface area contributed by atoms with Gasteiger partial charge in [-0.25, -0.2) is 4.98 Å². The highest BCUT2D eigenvalue weighted by molar-refractivity contribution is 6.74. The lowest BCUT2D eigenvalue weighted by Crippen LogP contribution is -2.48. The molecule has 0 spiro atoms. The molecule has 7 heteroatoms. The number of hydrogen-bond donors (Lipinski definition) is 1. The van der Waals surface area contributed by atoms with Gasteiger partial charge in [0.15, 0.2) is 16.6 Å². The Balaban J connectivity index is 2.21. The van der Waals surface area contributed by atoms with Crippen LogP contribution in [0.4, 0.5) is 5.82 Å². The van der Waals surface area contributed by atoms with Gasteiger partial charge < -0.3 is 19.3 Å². The van der Waals surface area contributed by atoms with Crippen LogP contribution in [0.5, 0.6) is 0 Å². The molecule has 0 amide bonds. The third kappa shape index (κ3) is 5.91. The fourth-order valence-corrected chi connectivity index (χ4v) is 5.26. The summed E-state index contributed by atoms with van der Waals surface area (Å²) >= 11 is 0. The van der Waals surface area contributed by atoms with E-state index in [0.717, 1.165) is 12.1 Å². The van der Waals surface area contributed by atoms with Gasteiger partial charge in [-0.15, -0.1) is 0 Å². The minimum Gasteiger partial charge on any atom is -0.414 e. The molecule has 2 N–H and O–H groups in total. The summed E-state index contributed by atoms with van der Waals surface area (Å²) < 4.78 is 19.8. The zero-order valence-corrected chi connectivity index (χ0v) is 22.1. The molecule has 0 saturated carbocycles. The largest absolute Gasteiger partial charge is 0.414 e. The maximum absolute atomic E-state index is 6.80. The van der Waals surface area contributed by atoms with Crippen molar-refractivity contribution in [3.8, 4) is 0 Å². The van der Waals surface area contributed by atoms with Crippen molar-refractivity contribution in [2.24, 2.45) is 0 Å². The summed E-state index contributed by atoms with van der Waals surface area (Å²) in [5, 5.41) is 0.307. The normalized spacial score (nSPS) is 24.1. The number of nitrogens with two attached hydrogens (primary N) is 1. The van der Waals surface area contributed by atoms with Gasteiger partial charge >= 0.3 is 0 Å². The first kappa shape index (κ1) is 24.5. The van der Waals surface area contributed by atoms with Crippen LogP contribution in [0.2, 0.25) is 36.3 Å². The first-order chi connectivity index (χ1) is 13.0. The highest BCUT2D eigenvalue weighted by atomic mass is 28.4. The maximum Gasteiger partial charge on any atom is 0.192 e. The number of ether oxygens (including phenoxy) is 1. The number of hydrogen-bond acceptors (Lipinski definition) is 5. The molecule has 0 aromatic carbocycles. The van der Waals surface area contributed by atoms with E-state index in [2.05, 4.69) is 72.7 Å². The highest BCUT2D eigenvalue weighted by Crippen LogP contribution is 2.43. The quantitative estimate of drug-likeness (QED) is 0.560. The van der Waals surface area contributed by atoms with Gasteiger partial charge in [0, 0.05) is 6.42 Å². The second-order valence-corrected chi connectivity index (χ2v) is 20.9. The fraction of sp³-hybridized carbons (Fsp3) is 0.773. The van der Waals surface area contributed by atoms with Crippen LogP contribution in [0.15, 0.2) is 18.2 Å². The molecule has 0 bridgehead atoms. The molecular formula is C22H42N2O3Si2. The Labute approximate surface area is 180 Å². The van der Waals surface area contributed by atoms with Gasteiger partial charge in [-0.05, 0) is 48.4 Å². The van der Waals surface area contributed by atoms with E-state index in [1.54, 1.807) is 6.07 Å². The van der Waals surface area contributed by atoms with Gasteiger partial charge in [0.25, 0.3) is 0 Å². The van der Waals surface area contributed by atoms with Crippen molar-refractivity contribution in [2.75, 3.05) is 12.3 Å². The van der Waals surface area contributed by atoms with E-state index in [0.29, 0.717) is 12.4 Å². The summed E-state index contributed by atoms with van der Waals surface area (Å²) in [7, 11) is -3.80.